The molecule has 0 N–H and O–H groups in total. The van der Waals surface area contributed by atoms with Crippen LogP contribution in [0.2, 0.25) is 0 Å². The van der Waals surface area contributed by atoms with Crippen LogP contribution in [0.15, 0.2) is 4.52 Å². The molecule has 16 heavy (non-hydrogen) atoms. The lowest BCUT2D eigenvalue weighted by molar-refractivity contribution is 0.0508. The Balaban J connectivity index is 2.03. The van der Waals surface area contributed by atoms with Crippen LogP contribution in [0.1, 0.15) is 42.2 Å². The number of carbonyl (C=O) groups is 1. The molecule has 0 unspecified atom stereocenters. The van der Waals surface area contributed by atoms with E-state index in [2.05, 4.69) is 10.1 Å². The fourth-order valence-corrected chi connectivity index (χ4v) is 2.73. The lowest BCUT2D eigenvalue weighted by atomic mass is 10.0. The lowest BCUT2D eigenvalue weighted by Crippen LogP contribution is -2.10. The number of ether oxygens (including phenoxy) is 1. The molecule has 2 heterocycles. The number of thioether (sulfide) groups is 1. The number of hydrogen-bond donors (Lipinski definition) is 0. The molecule has 1 aromatic heterocycles. The molecule has 1 fully saturated rings. The third kappa shape index (κ3) is 2.55. The van der Waals surface area contributed by atoms with E-state index in [0.29, 0.717) is 18.4 Å². The van der Waals surface area contributed by atoms with Gasteiger partial charge in [-0.2, -0.15) is 16.7 Å². The maximum atomic E-state index is 11.3. The van der Waals surface area contributed by atoms with Crippen LogP contribution in [0.4, 0.5) is 0 Å². The monoisotopic (exact) mass is 242 g/mol. The molecule has 0 amide bonds. The van der Waals surface area contributed by atoms with Gasteiger partial charge in [0.25, 0.3) is 5.82 Å². The third-order valence-corrected chi connectivity index (χ3v) is 3.52. The van der Waals surface area contributed by atoms with E-state index in [1.54, 1.807) is 6.92 Å². The molecule has 0 radical (unpaired) electrons. The molecule has 0 aromatic carbocycles. The van der Waals surface area contributed by atoms with Crippen molar-refractivity contribution in [3.63, 3.8) is 0 Å². The van der Waals surface area contributed by atoms with Crippen LogP contribution in [0.5, 0.6) is 0 Å². The quantitative estimate of drug-likeness (QED) is 0.754. The number of esters is 1. The average Bonchev–Trinajstić information content (AvgIpc) is 2.80. The Hall–Kier alpha value is -1.04. The summed E-state index contributed by atoms with van der Waals surface area (Å²) in [5, 5.41) is 3.64. The number of rotatable bonds is 3. The molecule has 1 saturated heterocycles. The van der Waals surface area contributed by atoms with Crippen molar-refractivity contribution in [1.82, 2.24) is 10.1 Å². The summed E-state index contributed by atoms with van der Waals surface area (Å²) >= 11 is 1.93. The Morgan fingerprint density at radius 3 is 3.00 bits per heavy atom. The molecule has 1 aliphatic rings. The van der Waals surface area contributed by atoms with Gasteiger partial charge in [-0.05, 0) is 36.4 Å². The number of hydrogen-bond acceptors (Lipinski definition) is 6. The van der Waals surface area contributed by atoms with Crippen molar-refractivity contribution >= 4 is 17.7 Å². The van der Waals surface area contributed by atoms with Gasteiger partial charge in [0.05, 0.1) is 6.61 Å². The first-order valence-electron chi connectivity index (χ1n) is 5.39. The molecular formula is C10H14N2O3S. The zero-order chi connectivity index (χ0) is 11.4. The van der Waals surface area contributed by atoms with E-state index in [9.17, 15) is 4.79 Å². The Labute approximate surface area is 97.9 Å². The first-order chi connectivity index (χ1) is 7.81. The first-order valence-corrected chi connectivity index (χ1v) is 6.55. The fraction of sp³-hybridized carbons (Fsp3) is 0.700. The van der Waals surface area contributed by atoms with Gasteiger partial charge in [-0.15, -0.1) is 0 Å². The Bertz CT molecular complexity index is 361. The van der Waals surface area contributed by atoms with Gasteiger partial charge < -0.3 is 9.26 Å². The van der Waals surface area contributed by atoms with Crippen LogP contribution in [0, 0.1) is 0 Å². The predicted octanol–water partition coefficient (Wildman–Crippen LogP) is 1.86. The summed E-state index contributed by atoms with van der Waals surface area (Å²) in [6, 6.07) is 0. The Morgan fingerprint density at radius 1 is 1.56 bits per heavy atom. The molecule has 0 atom stereocenters. The first kappa shape index (κ1) is 11.4. The second-order valence-corrected chi connectivity index (χ2v) is 4.79. The van der Waals surface area contributed by atoms with Crippen molar-refractivity contribution in [2.45, 2.75) is 25.7 Å². The summed E-state index contributed by atoms with van der Waals surface area (Å²) in [5.74, 6) is 2.63. The summed E-state index contributed by atoms with van der Waals surface area (Å²) in [4.78, 5) is 15.4. The van der Waals surface area contributed by atoms with Crippen LogP contribution in [0.3, 0.4) is 0 Å². The largest absolute Gasteiger partial charge is 0.460 e. The topological polar surface area (TPSA) is 65.2 Å². The van der Waals surface area contributed by atoms with Gasteiger partial charge in [-0.25, -0.2) is 4.79 Å². The molecule has 2 rings (SSSR count). The van der Waals surface area contributed by atoms with E-state index in [1.807, 2.05) is 11.8 Å². The summed E-state index contributed by atoms with van der Waals surface area (Å²) < 4.78 is 9.90. The van der Waals surface area contributed by atoms with Crippen LogP contribution in [-0.2, 0) is 4.74 Å². The van der Waals surface area contributed by atoms with E-state index in [4.69, 9.17) is 9.26 Å². The van der Waals surface area contributed by atoms with E-state index >= 15 is 0 Å². The van der Waals surface area contributed by atoms with Crippen molar-refractivity contribution in [3.05, 3.63) is 11.7 Å². The van der Waals surface area contributed by atoms with Crippen molar-refractivity contribution < 1.29 is 14.1 Å². The van der Waals surface area contributed by atoms with E-state index < -0.39 is 5.97 Å². The smallest absolute Gasteiger partial charge is 0.379 e. The molecule has 1 aromatic rings. The highest BCUT2D eigenvalue weighted by Gasteiger charge is 2.24. The van der Waals surface area contributed by atoms with Crippen molar-refractivity contribution in [2.75, 3.05) is 18.1 Å². The number of carbonyl (C=O) groups excluding carboxylic acids is 1. The van der Waals surface area contributed by atoms with Crippen LogP contribution < -0.4 is 0 Å². The van der Waals surface area contributed by atoms with Gasteiger partial charge in [0.2, 0.25) is 5.89 Å². The molecule has 1 aliphatic heterocycles. The molecule has 6 heteroatoms. The van der Waals surface area contributed by atoms with Gasteiger partial charge in [0.15, 0.2) is 0 Å². The highest BCUT2D eigenvalue weighted by molar-refractivity contribution is 7.99. The average molecular weight is 242 g/mol. The summed E-state index contributed by atoms with van der Waals surface area (Å²) in [5.41, 5.74) is 0. The van der Waals surface area contributed by atoms with Gasteiger partial charge in [-0.1, -0.05) is 0 Å². The second kappa shape index (κ2) is 5.34. The molecule has 0 aliphatic carbocycles. The number of nitrogens with zero attached hydrogens (tertiary/aromatic N) is 2. The molecule has 5 nitrogen and oxygen atoms in total. The van der Waals surface area contributed by atoms with Gasteiger partial charge >= 0.3 is 5.97 Å². The minimum Gasteiger partial charge on any atom is -0.460 e. The maximum Gasteiger partial charge on any atom is 0.379 e. The highest BCUT2D eigenvalue weighted by atomic mass is 32.2. The van der Waals surface area contributed by atoms with Crippen molar-refractivity contribution in [1.29, 1.82) is 0 Å². The Morgan fingerprint density at radius 2 is 2.31 bits per heavy atom. The fourth-order valence-electron chi connectivity index (χ4n) is 1.62. The predicted molar refractivity (Wildman–Crippen MR) is 59.6 cm³/mol. The lowest BCUT2D eigenvalue weighted by Gasteiger charge is -2.16. The van der Waals surface area contributed by atoms with Crippen molar-refractivity contribution in [2.24, 2.45) is 0 Å². The normalized spacial score (nSPS) is 17.3. The zero-order valence-electron chi connectivity index (χ0n) is 9.14. The SMILES string of the molecule is CCOC(=O)c1noc(C2CCSCC2)n1. The minimum absolute atomic E-state index is 0.0371. The molecule has 0 bridgehead atoms. The summed E-state index contributed by atoms with van der Waals surface area (Å²) in [6.45, 7) is 2.07. The van der Waals surface area contributed by atoms with Gasteiger partial charge in [-0.3, -0.25) is 0 Å². The van der Waals surface area contributed by atoms with E-state index in [0.717, 1.165) is 24.3 Å². The molecule has 88 valence electrons. The molecule has 0 saturated carbocycles. The second-order valence-electron chi connectivity index (χ2n) is 3.56. The van der Waals surface area contributed by atoms with Crippen LogP contribution in [0.25, 0.3) is 0 Å². The summed E-state index contributed by atoms with van der Waals surface area (Å²) in [7, 11) is 0. The van der Waals surface area contributed by atoms with Crippen molar-refractivity contribution in [3.8, 4) is 0 Å². The highest BCUT2D eigenvalue weighted by Crippen LogP contribution is 2.30. The summed E-state index contributed by atoms with van der Waals surface area (Å²) in [6.07, 6.45) is 2.07. The zero-order valence-corrected chi connectivity index (χ0v) is 9.96. The third-order valence-electron chi connectivity index (χ3n) is 2.47. The van der Waals surface area contributed by atoms with Gasteiger partial charge in [0, 0.05) is 5.92 Å². The maximum absolute atomic E-state index is 11.3. The van der Waals surface area contributed by atoms with Crippen LogP contribution in [-0.4, -0.2) is 34.2 Å². The Kier molecular flexibility index (Phi) is 3.82. The number of aromatic nitrogens is 2. The molecule has 0 spiro atoms. The standard InChI is InChI=1S/C10H14N2O3S/c1-2-14-10(13)8-11-9(15-12-8)7-3-5-16-6-4-7/h7H,2-6H2,1H3. The van der Waals surface area contributed by atoms with E-state index in [1.165, 1.54) is 0 Å². The van der Waals surface area contributed by atoms with Gasteiger partial charge in [0.1, 0.15) is 0 Å². The van der Waals surface area contributed by atoms with E-state index in [-0.39, 0.29) is 5.82 Å². The molecular weight excluding hydrogens is 228 g/mol. The van der Waals surface area contributed by atoms with Crippen LogP contribution >= 0.6 is 11.8 Å². The minimum atomic E-state index is -0.511.